The molecule has 2 rings (SSSR count). The number of sulfonamides is 1. The number of hydrogen-bond donors (Lipinski definition) is 2. The predicted molar refractivity (Wildman–Crippen MR) is 77.7 cm³/mol. The zero-order chi connectivity index (χ0) is 13.9. The van der Waals surface area contributed by atoms with E-state index in [0.717, 1.165) is 6.42 Å². The van der Waals surface area contributed by atoms with Gasteiger partial charge in [0, 0.05) is 12.6 Å². The van der Waals surface area contributed by atoms with E-state index in [-0.39, 0.29) is 0 Å². The summed E-state index contributed by atoms with van der Waals surface area (Å²) in [5, 5.41) is 3.34. The number of benzene rings is 1. The third kappa shape index (κ3) is 3.70. The van der Waals surface area contributed by atoms with E-state index in [4.69, 9.17) is 0 Å². The van der Waals surface area contributed by atoms with Gasteiger partial charge in [-0.2, -0.15) is 0 Å². The van der Waals surface area contributed by atoms with Crippen molar-refractivity contribution in [2.45, 2.75) is 44.0 Å². The molecule has 1 aromatic carbocycles. The van der Waals surface area contributed by atoms with E-state index in [2.05, 4.69) is 17.0 Å². The molecular weight excluding hydrogens is 260 g/mol. The average molecular weight is 282 g/mol. The smallest absolute Gasteiger partial charge is 0.242 e. The molecule has 0 saturated heterocycles. The van der Waals surface area contributed by atoms with Crippen LogP contribution in [0.1, 0.15) is 33.1 Å². The molecule has 0 aromatic heterocycles. The summed E-state index contributed by atoms with van der Waals surface area (Å²) in [6.45, 7) is 4.53. The van der Waals surface area contributed by atoms with Crippen molar-refractivity contribution in [3.8, 4) is 0 Å². The molecule has 1 fully saturated rings. The third-order valence-corrected chi connectivity index (χ3v) is 4.95. The Balaban J connectivity index is 2.19. The largest absolute Gasteiger partial charge is 0.381 e. The highest BCUT2D eigenvalue weighted by Crippen LogP contribution is 2.34. The van der Waals surface area contributed by atoms with E-state index in [9.17, 15) is 8.42 Å². The second-order valence-corrected chi connectivity index (χ2v) is 6.90. The molecule has 106 valence electrons. The molecule has 1 aliphatic carbocycles. The quantitative estimate of drug-likeness (QED) is 0.808. The van der Waals surface area contributed by atoms with Crippen LogP contribution in [-0.4, -0.2) is 21.0 Å². The summed E-state index contributed by atoms with van der Waals surface area (Å²) in [6, 6.07) is 7.43. The number of nitrogens with one attached hydrogen (secondary N) is 2. The summed E-state index contributed by atoms with van der Waals surface area (Å²) in [4.78, 5) is 0.343. The van der Waals surface area contributed by atoms with E-state index < -0.39 is 10.0 Å². The Morgan fingerprint density at radius 2 is 2.00 bits per heavy atom. The highest BCUT2D eigenvalue weighted by Gasteiger charge is 2.29. The fourth-order valence-corrected chi connectivity index (χ4v) is 3.40. The van der Waals surface area contributed by atoms with Crippen LogP contribution >= 0.6 is 0 Å². The Bertz CT molecular complexity index is 524. The van der Waals surface area contributed by atoms with Crippen molar-refractivity contribution in [2.75, 3.05) is 11.9 Å². The molecule has 0 amide bonds. The van der Waals surface area contributed by atoms with Crippen LogP contribution in [0.15, 0.2) is 29.2 Å². The Labute approximate surface area is 115 Å². The zero-order valence-corrected chi connectivity index (χ0v) is 12.3. The van der Waals surface area contributed by atoms with Gasteiger partial charge >= 0.3 is 0 Å². The summed E-state index contributed by atoms with van der Waals surface area (Å²) < 4.78 is 27.1. The summed E-state index contributed by atoms with van der Waals surface area (Å²) in [7, 11) is -3.42. The van der Waals surface area contributed by atoms with E-state index >= 15 is 0 Å². The molecule has 19 heavy (non-hydrogen) atoms. The first kappa shape index (κ1) is 14.3. The van der Waals surface area contributed by atoms with Crippen molar-refractivity contribution in [3.63, 3.8) is 0 Å². The molecule has 1 atom stereocenters. The standard InChI is InChI=1S/C14H22N2O2S/c1-3-10-15-19(17,18)14-7-5-4-6-13(14)16-11(2)12-8-9-12/h4-7,11-12,15-16H,3,8-10H2,1-2H3. The molecule has 2 N–H and O–H groups in total. The lowest BCUT2D eigenvalue weighted by molar-refractivity contribution is 0.580. The Morgan fingerprint density at radius 3 is 2.63 bits per heavy atom. The topological polar surface area (TPSA) is 58.2 Å². The Kier molecular flexibility index (Phi) is 4.47. The van der Waals surface area contributed by atoms with Crippen LogP contribution in [-0.2, 0) is 10.0 Å². The highest BCUT2D eigenvalue weighted by atomic mass is 32.2. The van der Waals surface area contributed by atoms with Crippen molar-refractivity contribution in [1.29, 1.82) is 0 Å². The predicted octanol–water partition coefficient (Wildman–Crippen LogP) is 2.59. The van der Waals surface area contributed by atoms with Crippen LogP contribution < -0.4 is 10.0 Å². The number of rotatable bonds is 7. The maximum atomic E-state index is 12.2. The molecule has 0 spiro atoms. The molecule has 1 unspecified atom stereocenters. The van der Waals surface area contributed by atoms with Gasteiger partial charge in [0.1, 0.15) is 4.90 Å². The van der Waals surface area contributed by atoms with Crippen molar-refractivity contribution in [2.24, 2.45) is 5.92 Å². The second-order valence-electron chi connectivity index (χ2n) is 5.16. The third-order valence-electron chi connectivity index (χ3n) is 3.43. The van der Waals surface area contributed by atoms with Crippen LogP contribution in [0.25, 0.3) is 0 Å². The molecule has 0 aliphatic heterocycles. The molecule has 1 aromatic rings. The van der Waals surface area contributed by atoms with Crippen LogP contribution in [0.5, 0.6) is 0 Å². The van der Waals surface area contributed by atoms with Crippen LogP contribution in [0.2, 0.25) is 0 Å². The maximum absolute atomic E-state index is 12.2. The molecule has 1 aliphatic rings. The highest BCUT2D eigenvalue weighted by molar-refractivity contribution is 7.89. The van der Waals surface area contributed by atoms with Gasteiger partial charge in [-0.25, -0.2) is 13.1 Å². The molecule has 5 heteroatoms. The Hall–Kier alpha value is -1.07. The van der Waals surface area contributed by atoms with Gasteiger partial charge in [-0.05, 0) is 44.2 Å². The van der Waals surface area contributed by atoms with Crippen molar-refractivity contribution < 1.29 is 8.42 Å². The first-order chi connectivity index (χ1) is 9.04. The van der Waals surface area contributed by atoms with E-state index in [1.807, 2.05) is 19.1 Å². The summed E-state index contributed by atoms with van der Waals surface area (Å²) in [5.74, 6) is 0.680. The van der Waals surface area contributed by atoms with Gasteiger partial charge in [-0.15, -0.1) is 0 Å². The van der Waals surface area contributed by atoms with Crippen LogP contribution in [0.3, 0.4) is 0 Å². The molecule has 0 radical (unpaired) electrons. The first-order valence-corrected chi connectivity index (χ1v) is 8.38. The van der Waals surface area contributed by atoms with Gasteiger partial charge in [0.05, 0.1) is 5.69 Å². The second kappa shape index (κ2) is 5.92. The first-order valence-electron chi connectivity index (χ1n) is 6.90. The van der Waals surface area contributed by atoms with Crippen LogP contribution in [0, 0.1) is 5.92 Å². The van der Waals surface area contributed by atoms with Crippen molar-refractivity contribution in [1.82, 2.24) is 4.72 Å². The molecule has 4 nitrogen and oxygen atoms in total. The molecular formula is C14H22N2O2S. The van der Waals surface area contributed by atoms with E-state index in [1.165, 1.54) is 12.8 Å². The fourth-order valence-electron chi connectivity index (χ4n) is 2.09. The van der Waals surface area contributed by atoms with Gasteiger partial charge in [-0.1, -0.05) is 19.1 Å². The minimum absolute atomic E-state index is 0.322. The number of hydrogen-bond acceptors (Lipinski definition) is 3. The molecule has 0 bridgehead atoms. The lowest BCUT2D eigenvalue weighted by Crippen LogP contribution is -2.26. The SMILES string of the molecule is CCCNS(=O)(=O)c1ccccc1NC(C)C1CC1. The maximum Gasteiger partial charge on any atom is 0.242 e. The summed E-state index contributed by atoms with van der Waals surface area (Å²) in [6.07, 6.45) is 3.25. The minimum atomic E-state index is -3.42. The van der Waals surface area contributed by atoms with Crippen molar-refractivity contribution >= 4 is 15.7 Å². The van der Waals surface area contributed by atoms with Gasteiger partial charge in [0.25, 0.3) is 0 Å². The van der Waals surface area contributed by atoms with E-state index in [0.29, 0.717) is 29.1 Å². The van der Waals surface area contributed by atoms with Gasteiger partial charge < -0.3 is 5.32 Å². The number of para-hydroxylation sites is 1. The monoisotopic (exact) mass is 282 g/mol. The molecule has 1 saturated carbocycles. The average Bonchev–Trinajstić information content (AvgIpc) is 3.21. The normalized spacial score (nSPS) is 17.2. The summed E-state index contributed by atoms with van der Waals surface area (Å²) >= 11 is 0. The minimum Gasteiger partial charge on any atom is -0.381 e. The lowest BCUT2D eigenvalue weighted by atomic mass is 10.2. The van der Waals surface area contributed by atoms with Gasteiger partial charge in [0.2, 0.25) is 10.0 Å². The van der Waals surface area contributed by atoms with Crippen molar-refractivity contribution in [3.05, 3.63) is 24.3 Å². The molecule has 0 heterocycles. The zero-order valence-electron chi connectivity index (χ0n) is 11.5. The Morgan fingerprint density at radius 1 is 1.32 bits per heavy atom. The summed E-state index contributed by atoms with van der Waals surface area (Å²) in [5.41, 5.74) is 0.700. The van der Waals surface area contributed by atoms with Gasteiger partial charge in [-0.3, -0.25) is 0 Å². The van der Waals surface area contributed by atoms with E-state index in [1.54, 1.807) is 12.1 Å². The fraction of sp³-hybridized carbons (Fsp3) is 0.571. The lowest BCUT2D eigenvalue weighted by Gasteiger charge is -2.17. The van der Waals surface area contributed by atoms with Crippen LogP contribution in [0.4, 0.5) is 5.69 Å². The van der Waals surface area contributed by atoms with Gasteiger partial charge in [0.15, 0.2) is 0 Å². The number of anilines is 1.